The zero-order valence-electron chi connectivity index (χ0n) is 13.6. The molecule has 0 fully saturated rings. The SMILES string of the molecule is COC(=O)c1ccc(OC[C@@H](O)CN2CCc3ccccc32)cc1. The maximum atomic E-state index is 11.4. The molecule has 24 heavy (non-hydrogen) atoms. The van der Waals surface area contributed by atoms with Gasteiger partial charge >= 0.3 is 5.97 Å². The van der Waals surface area contributed by atoms with Crippen LogP contribution in [0.3, 0.4) is 0 Å². The molecule has 2 aromatic rings. The Hall–Kier alpha value is -2.53. The Balaban J connectivity index is 1.51. The second-order valence-corrected chi connectivity index (χ2v) is 5.81. The fraction of sp³-hybridized carbons (Fsp3) is 0.316. The minimum atomic E-state index is -0.587. The molecular formula is C19H21NO4. The van der Waals surface area contributed by atoms with Crippen molar-refractivity contribution in [2.24, 2.45) is 0 Å². The minimum Gasteiger partial charge on any atom is -0.491 e. The molecule has 0 unspecified atom stereocenters. The summed E-state index contributed by atoms with van der Waals surface area (Å²) in [4.78, 5) is 13.6. The second kappa shape index (κ2) is 7.36. The fourth-order valence-corrected chi connectivity index (χ4v) is 2.90. The Morgan fingerprint density at radius 3 is 2.71 bits per heavy atom. The molecule has 0 spiro atoms. The van der Waals surface area contributed by atoms with E-state index in [0.29, 0.717) is 17.9 Å². The maximum Gasteiger partial charge on any atom is 0.337 e. The Kier molecular flexibility index (Phi) is 5.01. The average molecular weight is 327 g/mol. The Morgan fingerprint density at radius 1 is 1.21 bits per heavy atom. The number of hydrogen-bond donors (Lipinski definition) is 1. The van der Waals surface area contributed by atoms with Crippen LogP contribution in [0.1, 0.15) is 15.9 Å². The number of methoxy groups -OCH3 is 1. The standard InChI is InChI=1S/C19H21NO4/c1-23-19(22)15-6-8-17(9-7-15)24-13-16(21)12-20-11-10-14-4-2-3-5-18(14)20/h2-9,16,21H,10-13H2,1H3/t16-/m0/s1. The molecule has 0 aromatic heterocycles. The molecule has 1 aliphatic rings. The van der Waals surface area contributed by atoms with Crippen LogP contribution >= 0.6 is 0 Å². The van der Waals surface area contributed by atoms with Crippen molar-refractivity contribution in [1.29, 1.82) is 0 Å². The smallest absolute Gasteiger partial charge is 0.337 e. The molecule has 5 nitrogen and oxygen atoms in total. The van der Waals surface area contributed by atoms with E-state index in [0.717, 1.165) is 13.0 Å². The van der Waals surface area contributed by atoms with Gasteiger partial charge in [-0.3, -0.25) is 0 Å². The van der Waals surface area contributed by atoms with Gasteiger partial charge in [-0.05, 0) is 42.3 Å². The summed E-state index contributed by atoms with van der Waals surface area (Å²) in [6, 6.07) is 15.0. The second-order valence-electron chi connectivity index (χ2n) is 5.81. The summed E-state index contributed by atoms with van der Waals surface area (Å²) in [6.07, 6.45) is 0.426. The molecule has 0 aliphatic carbocycles. The number of fused-ring (bicyclic) bond motifs is 1. The monoisotopic (exact) mass is 327 g/mol. The lowest BCUT2D eigenvalue weighted by Gasteiger charge is -2.23. The first-order valence-corrected chi connectivity index (χ1v) is 7.99. The predicted molar refractivity (Wildman–Crippen MR) is 91.6 cm³/mol. The van der Waals surface area contributed by atoms with Crippen molar-refractivity contribution in [2.75, 3.05) is 31.7 Å². The fourth-order valence-electron chi connectivity index (χ4n) is 2.90. The number of carbonyl (C=O) groups is 1. The Labute approximate surface area is 141 Å². The van der Waals surface area contributed by atoms with Crippen molar-refractivity contribution < 1.29 is 19.4 Å². The molecule has 0 saturated heterocycles. The van der Waals surface area contributed by atoms with E-state index in [1.807, 2.05) is 12.1 Å². The lowest BCUT2D eigenvalue weighted by molar-refractivity contribution is 0.0600. The number of esters is 1. The van der Waals surface area contributed by atoms with Crippen molar-refractivity contribution in [1.82, 2.24) is 0 Å². The third-order valence-corrected chi connectivity index (χ3v) is 4.13. The first-order chi connectivity index (χ1) is 11.7. The van der Waals surface area contributed by atoms with Crippen LogP contribution in [0.5, 0.6) is 5.75 Å². The predicted octanol–water partition coefficient (Wildman–Crippen LogP) is 2.28. The van der Waals surface area contributed by atoms with E-state index in [-0.39, 0.29) is 12.6 Å². The first-order valence-electron chi connectivity index (χ1n) is 7.99. The molecule has 1 aliphatic heterocycles. The molecule has 0 saturated carbocycles. The van der Waals surface area contributed by atoms with Crippen LogP contribution in [-0.2, 0) is 11.2 Å². The molecular weight excluding hydrogens is 306 g/mol. The Morgan fingerprint density at radius 2 is 1.96 bits per heavy atom. The molecule has 0 bridgehead atoms. The third-order valence-electron chi connectivity index (χ3n) is 4.13. The number of aliphatic hydroxyl groups excluding tert-OH is 1. The van der Waals surface area contributed by atoms with Gasteiger partial charge in [0.15, 0.2) is 0 Å². The zero-order valence-corrected chi connectivity index (χ0v) is 13.6. The van der Waals surface area contributed by atoms with Gasteiger partial charge in [0.05, 0.1) is 12.7 Å². The lowest BCUT2D eigenvalue weighted by Crippen LogP contribution is -2.34. The van der Waals surface area contributed by atoms with E-state index in [1.165, 1.54) is 18.4 Å². The molecule has 126 valence electrons. The number of para-hydroxylation sites is 1. The summed E-state index contributed by atoms with van der Waals surface area (Å²) in [5.74, 6) is 0.234. The normalized spacial score (nSPS) is 14.2. The number of ether oxygens (including phenoxy) is 2. The highest BCUT2D eigenvalue weighted by Crippen LogP contribution is 2.27. The lowest BCUT2D eigenvalue weighted by atomic mass is 10.2. The van der Waals surface area contributed by atoms with Crippen molar-refractivity contribution in [3.63, 3.8) is 0 Å². The van der Waals surface area contributed by atoms with E-state index < -0.39 is 6.10 Å². The highest BCUT2D eigenvalue weighted by atomic mass is 16.5. The van der Waals surface area contributed by atoms with E-state index in [9.17, 15) is 9.90 Å². The summed E-state index contributed by atoms with van der Waals surface area (Å²) in [5.41, 5.74) is 2.99. The number of hydrogen-bond acceptors (Lipinski definition) is 5. The van der Waals surface area contributed by atoms with Gasteiger partial charge in [0.1, 0.15) is 18.5 Å². The molecule has 0 radical (unpaired) electrons. The van der Waals surface area contributed by atoms with Crippen molar-refractivity contribution in [3.8, 4) is 5.75 Å². The van der Waals surface area contributed by atoms with Gasteiger partial charge in [-0.15, -0.1) is 0 Å². The van der Waals surface area contributed by atoms with Gasteiger partial charge in [0, 0.05) is 18.8 Å². The number of β-amino-alcohol motifs (C(OH)–C–C–N with tert-alkyl or cyclic N) is 1. The summed E-state index contributed by atoms with van der Waals surface area (Å²) < 4.78 is 10.3. The molecule has 1 heterocycles. The number of rotatable bonds is 6. The summed E-state index contributed by atoms with van der Waals surface area (Å²) in [5, 5.41) is 10.2. The van der Waals surface area contributed by atoms with Crippen LogP contribution in [0.2, 0.25) is 0 Å². The number of nitrogens with zero attached hydrogens (tertiary/aromatic N) is 1. The highest BCUT2D eigenvalue weighted by molar-refractivity contribution is 5.89. The summed E-state index contributed by atoms with van der Waals surface area (Å²) in [6.45, 7) is 1.66. The highest BCUT2D eigenvalue weighted by Gasteiger charge is 2.21. The van der Waals surface area contributed by atoms with Crippen LogP contribution in [0.4, 0.5) is 5.69 Å². The largest absolute Gasteiger partial charge is 0.491 e. The van der Waals surface area contributed by atoms with Gasteiger partial charge in [-0.25, -0.2) is 4.79 Å². The summed E-state index contributed by atoms with van der Waals surface area (Å²) in [7, 11) is 1.35. The molecule has 0 amide bonds. The minimum absolute atomic E-state index is 0.205. The van der Waals surface area contributed by atoms with Crippen molar-refractivity contribution >= 4 is 11.7 Å². The molecule has 2 aromatic carbocycles. The van der Waals surface area contributed by atoms with Gasteiger partial charge in [-0.2, -0.15) is 0 Å². The molecule has 1 atom stereocenters. The van der Waals surface area contributed by atoms with E-state index in [1.54, 1.807) is 24.3 Å². The number of benzene rings is 2. The van der Waals surface area contributed by atoms with Gasteiger partial charge in [0.25, 0.3) is 0 Å². The first kappa shape index (κ1) is 16.3. The van der Waals surface area contributed by atoms with Crippen LogP contribution < -0.4 is 9.64 Å². The van der Waals surface area contributed by atoms with E-state index in [4.69, 9.17) is 4.74 Å². The number of carbonyl (C=O) groups excluding carboxylic acids is 1. The van der Waals surface area contributed by atoms with Gasteiger partial charge < -0.3 is 19.5 Å². The zero-order chi connectivity index (χ0) is 16.9. The number of anilines is 1. The van der Waals surface area contributed by atoms with E-state index >= 15 is 0 Å². The topological polar surface area (TPSA) is 59.0 Å². The van der Waals surface area contributed by atoms with Crippen LogP contribution in [0, 0.1) is 0 Å². The Bertz CT molecular complexity index is 699. The van der Waals surface area contributed by atoms with Crippen molar-refractivity contribution in [3.05, 3.63) is 59.7 Å². The van der Waals surface area contributed by atoms with E-state index in [2.05, 4.69) is 21.8 Å². The summed E-state index contributed by atoms with van der Waals surface area (Å²) >= 11 is 0. The quantitative estimate of drug-likeness (QED) is 0.825. The van der Waals surface area contributed by atoms with Gasteiger partial charge in [0.2, 0.25) is 0 Å². The molecule has 3 rings (SSSR count). The number of aliphatic hydroxyl groups is 1. The van der Waals surface area contributed by atoms with Crippen molar-refractivity contribution in [2.45, 2.75) is 12.5 Å². The molecule has 1 N–H and O–H groups in total. The maximum absolute atomic E-state index is 11.4. The van der Waals surface area contributed by atoms with Crippen LogP contribution in [0.15, 0.2) is 48.5 Å². The van der Waals surface area contributed by atoms with Gasteiger partial charge in [-0.1, -0.05) is 18.2 Å². The van der Waals surface area contributed by atoms with Crippen LogP contribution in [-0.4, -0.2) is 44.0 Å². The molecule has 5 heteroatoms. The average Bonchev–Trinajstić information content (AvgIpc) is 3.03. The third kappa shape index (κ3) is 3.68. The van der Waals surface area contributed by atoms with Crippen LogP contribution in [0.25, 0.3) is 0 Å².